The van der Waals surface area contributed by atoms with Gasteiger partial charge in [-0.25, -0.2) is 9.97 Å². The summed E-state index contributed by atoms with van der Waals surface area (Å²) in [5, 5.41) is 9.26. The van der Waals surface area contributed by atoms with Crippen LogP contribution in [0.4, 0.5) is 5.82 Å². The van der Waals surface area contributed by atoms with E-state index in [4.69, 9.17) is 16.7 Å². The van der Waals surface area contributed by atoms with E-state index < -0.39 is 0 Å². The average molecular weight is 259 g/mol. The summed E-state index contributed by atoms with van der Waals surface area (Å²) < 4.78 is 0. The first-order valence-electron chi connectivity index (χ1n) is 5.54. The molecule has 0 fully saturated rings. The van der Waals surface area contributed by atoms with Gasteiger partial charge < -0.3 is 14.9 Å². The van der Waals surface area contributed by atoms with Gasteiger partial charge in [-0.2, -0.15) is 0 Å². The van der Waals surface area contributed by atoms with Gasteiger partial charge in [0.05, 0.1) is 6.61 Å². The van der Waals surface area contributed by atoms with Crippen LogP contribution in [-0.2, 0) is 0 Å². The fourth-order valence-corrected chi connectivity index (χ4v) is 1.65. The number of nitrogens with zero attached hydrogens (tertiary/aromatic N) is 4. The quantitative estimate of drug-likeness (QED) is 0.765. The number of hydrogen-bond acceptors (Lipinski definition) is 5. The third-order valence-electron chi connectivity index (χ3n) is 2.48. The molecular weight excluding hydrogens is 240 g/mol. The maximum atomic E-state index is 8.80. The van der Waals surface area contributed by atoms with E-state index in [9.17, 15) is 0 Å². The van der Waals surface area contributed by atoms with E-state index in [0.717, 1.165) is 18.9 Å². The Hall–Kier alpha value is -0.910. The zero-order chi connectivity index (χ0) is 12.8. The lowest BCUT2D eigenvalue weighted by molar-refractivity contribution is 0.224. The van der Waals surface area contributed by atoms with Gasteiger partial charge in [0.25, 0.3) is 0 Å². The van der Waals surface area contributed by atoms with Crippen molar-refractivity contribution < 1.29 is 5.11 Å². The summed E-state index contributed by atoms with van der Waals surface area (Å²) >= 11 is 5.89. The largest absolute Gasteiger partial charge is 0.395 e. The van der Waals surface area contributed by atoms with Crippen molar-refractivity contribution in [3.8, 4) is 0 Å². The molecule has 0 radical (unpaired) electrons. The molecule has 1 N–H and O–H groups in total. The van der Waals surface area contributed by atoms with Gasteiger partial charge in [0.15, 0.2) is 0 Å². The van der Waals surface area contributed by atoms with Crippen molar-refractivity contribution in [3.05, 3.63) is 17.0 Å². The molecule has 5 nitrogen and oxygen atoms in total. The molecule has 1 aromatic rings. The molecule has 0 unspecified atom stereocenters. The van der Waals surface area contributed by atoms with E-state index in [0.29, 0.717) is 17.5 Å². The molecule has 0 aliphatic rings. The fraction of sp³-hybridized carbons (Fsp3) is 0.636. The predicted molar refractivity (Wildman–Crippen MR) is 69.6 cm³/mol. The molecule has 0 saturated heterocycles. The molecule has 0 aliphatic heterocycles. The summed E-state index contributed by atoms with van der Waals surface area (Å²) in [4.78, 5) is 12.4. The van der Waals surface area contributed by atoms with Gasteiger partial charge in [0.2, 0.25) is 0 Å². The molecule has 1 aromatic heterocycles. The number of rotatable bonds is 6. The van der Waals surface area contributed by atoms with Crippen LogP contribution in [0.2, 0.25) is 5.15 Å². The number of anilines is 1. The molecule has 0 aliphatic carbocycles. The van der Waals surface area contributed by atoms with Crippen LogP contribution in [0.1, 0.15) is 5.82 Å². The number of hydrogen-bond donors (Lipinski definition) is 1. The SMILES string of the molecule is Cc1nc(Cl)cc(N(C)CCN(C)CCO)n1. The minimum Gasteiger partial charge on any atom is -0.395 e. The average Bonchev–Trinajstić information content (AvgIpc) is 2.25. The molecule has 6 heteroatoms. The molecule has 0 atom stereocenters. The first-order valence-corrected chi connectivity index (χ1v) is 5.92. The second-order valence-electron chi connectivity index (χ2n) is 4.04. The number of halogens is 1. The predicted octanol–water partition coefficient (Wildman–Crippen LogP) is 0.799. The normalized spacial score (nSPS) is 10.9. The van der Waals surface area contributed by atoms with Crippen molar-refractivity contribution >= 4 is 17.4 Å². The van der Waals surface area contributed by atoms with Crippen molar-refractivity contribution in [2.75, 3.05) is 45.2 Å². The maximum Gasteiger partial charge on any atom is 0.134 e. The third kappa shape index (κ3) is 4.85. The second kappa shape index (κ2) is 6.74. The van der Waals surface area contributed by atoms with Crippen LogP contribution in [-0.4, -0.2) is 60.3 Å². The first kappa shape index (κ1) is 14.2. The first-order chi connectivity index (χ1) is 8.02. The van der Waals surface area contributed by atoms with Crippen molar-refractivity contribution in [1.29, 1.82) is 0 Å². The Morgan fingerprint density at radius 1 is 1.24 bits per heavy atom. The molecule has 0 bridgehead atoms. The molecule has 17 heavy (non-hydrogen) atoms. The van der Waals surface area contributed by atoms with E-state index in [1.807, 2.05) is 25.9 Å². The van der Waals surface area contributed by atoms with Crippen molar-refractivity contribution in [3.63, 3.8) is 0 Å². The zero-order valence-electron chi connectivity index (χ0n) is 10.5. The van der Waals surface area contributed by atoms with Crippen LogP contribution in [0.5, 0.6) is 0 Å². The topological polar surface area (TPSA) is 52.5 Å². The highest BCUT2D eigenvalue weighted by Gasteiger charge is 2.06. The Balaban J connectivity index is 2.54. The highest BCUT2D eigenvalue weighted by atomic mass is 35.5. The maximum absolute atomic E-state index is 8.80. The number of aliphatic hydroxyl groups is 1. The van der Waals surface area contributed by atoms with Gasteiger partial charge in [-0.05, 0) is 14.0 Å². The molecule has 1 rings (SSSR count). The van der Waals surface area contributed by atoms with Gasteiger partial charge in [-0.3, -0.25) is 0 Å². The smallest absolute Gasteiger partial charge is 0.134 e. The molecule has 0 aromatic carbocycles. The van der Waals surface area contributed by atoms with E-state index in [1.54, 1.807) is 6.07 Å². The van der Waals surface area contributed by atoms with E-state index in [2.05, 4.69) is 14.9 Å². The Morgan fingerprint density at radius 3 is 2.53 bits per heavy atom. The number of aryl methyl sites for hydroxylation is 1. The van der Waals surface area contributed by atoms with Crippen LogP contribution in [0.15, 0.2) is 6.07 Å². The third-order valence-corrected chi connectivity index (χ3v) is 2.68. The second-order valence-corrected chi connectivity index (χ2v) is 4.43. The minimum absolute atomic E-state index is 0.179. The van der Waals surface area contributed by atoms with Crippen LogP contribution >= 0.6 is 11.6 Å². The lowest BCUT2D eigenvalue weighted by Gasteiger charge is -2.22. The minimum atomic E-state index is 0.179. The molecule has 1 heterocycles. The standard InChI is InChI=1S/C11H19ClN4O/c1-9-13-10(12)8-11(14-9)16(3)5-4-15(2)6-7-17/h8,17H,4-7H2,1-3H3. The number of likely N-dealkylation sites (N-methyl/N-ethyl adjacent to an activating group) is 2. The van der Waals surface area contributed by atoms with Crippen molar-refractivity contribution in [1.82, 2.24) is 14.9 Å². The summed E-state index contributed by atoms with van der Waals surface area (Å²) in [5.74, 6) is 1.49. The van der Waals surface area contributed by atoms with E-state index in [-0.39, 0.29) is 6.61 Å². The zero-order valence-corrected chi connectivity index (χ0v) is 11.3. The summed E-state index contributed by atoms with van der Waals surface area (Å²) in [7, 11) is 3.94. The summed E-state index contributed by atoms with van der Waals surface area (Å²) in [6.07, 6.45) is 0. The lowest BCUT2D eigenvalue weighted by atomic mass is 10.4. The summed E-state index contributed by atoms with van der Waals surface area (Å²) in [6, 6.07) is 1.75. The molecule has 0 amide bonds. The number of aromatic nitrogens is 2. The van der Waals surface area contributed by atoms with Crippen molar-refractivity contribution in [2.45, 2.75) is 6.92 Å². The molecule has 0 saturated carbocycles. The van der Waals surface area contributed by atoms with Crippen LogP contribution in [0.25, 0.3) is 0 Å². The molecular formula is C11H19ClN4O. The van der Waals surface area contributed by atoms with E-state index in [1.165, 1.54) is 0 Å². The van der Waals surface area contributed by atoms with Gasteiger partial charge in [0, 0.05) is 32.7 Å². The Bertz CT molecular complexity index is 341. The highest BCUT2D eigenvalue weighted by Crippen LogP contribution is 2.14. The van der Waals surface area contributed by atoms with Crippen LogP contribution in [0, 0.1) is 6.92 Å². The number of aliphatic hydroxyl groups excluding tert-OH is 1. The fourth-order valence-electron chi connectivity index (χ4n) is 1.43. The monoisotopic (exact) mass is 258 g/mol. The van der Waals surface area contributed by atoms with Gasteiger partial charge in [0.1, 0.15) is 16.8 Å². The van der Waals surface area contributed by atoms with Crippen LogP contribution < -0.4 is 4.90 Å². The van der Waals surface area contributed by atoms with Gasteiger partial charge in [-0.15, -0.1) is 0 Å². The Morgan fingerprint density at radius 2 is 1.94 bits per heavy atom. The highest BCUT2D eigenvalue weighted by molar-refractivity contribution is 6.29. The molecule has 96 valence electrons. The molecule has 0 spiro atoms. The van der Waals surface area contributed by atoms with Gasteiger partial charge >= 0.3 is 0 Å². The Labute approximate surface area is 107 Å². The Kier molecular flexibility index (Phi) is 5.61. The lowest BCUT2D eigenvalue weighted by Crippen LogP contribution is -2.32. The van der Waals surface area contributed by atoms with Gasteiger partial charge in [-0.1, -0.05) is 11.6 Å². The van der Waals surface area contributed by atoms with Crippen molar-refractivity contribution in [2.24, 2.45) is 0 Å². The summed E-state index contributed by atoms with van der Waals surface area (Å²) in [6.45, 7) is 4.36. The van der Waals surface area contributed by atoms with E-state index >= 15 is 0 Å². The summed E-state index contributed by atoms with van der Waals surface area (Å²) in [5.41, 5.74) is 0. The van der Waals surface area contributed by atoms with Crippen LogP contribution in [0.3, 0.4) is 0 Å².